The van der Waals surface area contributed by atoms with Gasteiger partial charge in [0.25, 0.3) is 0 Å². The van der Waals surface area contributed by atoms with Crippen LogP contribution in [0.15, 0.2) is 54.7 Å². The van der Waals surface area contributed by atoms with Gasteiger partial charge in [0.05, 0.1) is 5.52 Å². The molecule has 1 N–H and O–H groups in total. The van der Waals surface area contributed by atoms with Crippen molar-refractivity contribution in [2.24, 2.45) is 0 Å². The minimum Gasteiger partial charge on any atom is -0.356 e. The molecule has 0 radical (unpaired) electrons. The summed E-state index contributed by atoms with van der Waals surface area (Å²) in [5.41, 5.74) is 5.54. The highest BCUT2D eigenvalue weighted by Crippen LogP contribution is 2.43. The molecule has 1 saturated carbocycles. The Morgan fingerprint density at radius 1 is 0.818 bits per heavy atom. The second kappa shape index (κ2) is 7.55. The lowest BCUT2D eigenvalue weighted by Crippen LogP contribution is -2.31. The summed E-state index contributed by atoms with van der Waals surface area (Å²) >= 11 is 0. The van der Waals surface area contributed by atoms with Crippen LogP contribution in [-0.4, -0.2) is 33.0 Å². The molecule has 5 nitrogen and oxygen atoms in total. The van der Waals surface area contributed by atoms with Gasteiger partial charge in [-0.1, -0.05) is 36.8 Å². The number of pyridine rings is 1. The number of nitrogens with one attached hydrogen (secondary N) is 1. The highest BCUT2D eigenvalue weighted by molar-refractivity contribution is 6.12. The average molecular weight is 434 g/mol. The van der Waals surface area contributed by atoms with Crippen molar-refractivity contribution >= 4 is 38.7 Å². The van der Waals surface area contributed by atoms with Crippen molar-refractivity contribution in [3.63, 3.8) is 0 Å². The molecule has 0 atom stereocenters. The molecule has 0 spiro atoms. The predicted octanol–water partition coefficient (Wildman–Crippen LogP) is 6.58. The number of hydrogen-bond donors (Lipinski definition) is 1. The summed E-state index contributed by atoms with van der Waals surface area (Å²) in [5, 5.41) is 3.55. The number of para-hydroxylation sites is 1. The molecule has 1 aliphatic heterocycles. The number of rotatable bonds is 3. The number of aromatic nitrogens is 4. The van der Waals surface area contributed by atoms with Gasteiger partial charge in [-0.3, -0.25) is 0 Å². The zero-order valence-corrected chi connectivity index (χ0v) is 18.7. The van der Waals surface area contributed by atoms with Gasteiger partial charge < -0.3 is 9.88 Å². The van der Waals surface area contributed by atoms with Gasteiger partial charge in [0.2, 0.25) is 0 Å². The zero-order chi connectivity index (χ0) is 21.8. The molecule has 0 bridgehead atoms. The largest absolute Gasteiger partial charge is 0.356 e. The number of piperidine rings is 1. The molecule has 1 saturated heterocycles. The van der Waals surface area contributed by atoms with Gasteiger partial charge in [-0.15, -0.1) is 0 Å². The molecule has 2 aromatic carbocycles. The van der Waals surface area contributed by atoms with Crippen molar-refractivity contribution in [3.8, 4) is 11.4 Å². The summed E-state index contributed by atoms with van der Waals surface area (Å²) in [6.07, 6.45) is 9.52. The summed E-state index contributed by atoms with van der Waals surface area (Å²) in [6, 6.07) is 17.1. The summed E-state index contributed by atoms with van der Waals surface area (Å²) < 4.78 is 0. The molecular weight excluding hydrogens is 406 g/mol. The Labute approximate surface area is 192 Å². The van der Waals surface area contributed by atoms with Crippen molar-refractivity contribution in [3.05, 3.63) is 60.3 Å². The van der Waals surface area contributed by atoms with Crippen LogP contribution in [-0.2, 0) is 0 Å². The van der Waals surface area contributed by atoms with Crippen LogP contribution >= 0.6 is 0 Å². The number of anilines is 1. The van der Waals surface area contributed by atoms with Crippen LogP contribution in [0.25, 0.3) is 44.2 Å². The van der Waals surface area contributed by atoms with E-state index in [4.69, 9.17) is 9.97 Å². The van der Waals surface area contributed by atoms with E-state index in [2.05, 4.69) is 63.4 Å². The molecule has 0 unspecified atom stereocenters. The van der Waals surface area contributed by atoms with Crippen LogP contribution in [0.4, 0.5) is 5.82 Å². The quantitative estimate of drug-likeness (QED) is 0.349. The Morgan fingerprint density at radius 2 is 1.70 bits per heavy atom. The number of aromatic amines is 1. The molecule has 2 fully saturated rings. The number of fused-ring (bicyclic) bond motifs is 4. The third kappa shape index (κ3) is 3.02. The Bertz CT molecular complexity index is 1490. The van der Waals surface area contributed by atoms with E-state index in [0.29, 0.717) is 5.92 Å². The molecular formula is C28H27N5. The van der Waals surface area contributed by atoms with E-state index in [9.17, 15) is 0 Å². The van der Waals surface area contributed by atoms with Crippen molar-refractivity contribution in [1.29, 1.82) is 0 Å². The molecule has 33 heavy (non-hydrogen) atoms. The first-order chi connectivity index (χ1) is 16.4. The third-order valence-corrected chi connectivity index (χ3v) is 7.58. The number of nitrogens with zero attached hydrogens (tertiary/aromatic N) is 4. The average Bonchev–Trinajstić information content (AvgIpc) is 3.22. The van der Waals surface area contributed by atoms with Crippen LogP contribution < -0.4 is 4.90 Å². The maximum atomic E-state index is 5.31. The van der Waals surface area contributed by atoms with Gasteiger partial charge in [0, 0.05) is 46.5 Å². The number of H-pyrrole nitrogens is 1. The Kier molecular flexibility index (Phi) is 4.35. The summed E-state index contributed by atoms with van der Waals surface area (Å²) in [7, 11) is 0. The van der Waals surface area contributed by atoms with E-state index < -0.39 is 0 Å². The van der Waals surface area contributed by atoms with Gasteiger partial charge in [-0.05, 0) is 61.8 Å². The van der Waals surface area contributed by atoms with Crippen molar-refractivity contribution in [1.82, 2.24) is 19.9 Å². The standard InChI is InChI=1S/C28H27N5/c1-4-16-33(17-5-1)28-25-19(18-8-6-9-18)11-7-13-23(25)31-26(32-28)21-14-15-29-27-24(21)20-10-2-3-12-22(20)30-27/h2-3,7,10-15,18H,1,4-6,8-9,16-17H2,(H,29,30). The fourth-order valence-electron chi connectivity index (χ4n) is 5.66. The molecule has 4 heterocycles. The van der Waals surface area contributed by atoms with Crippen molar-refractivity contribution in [2.45, 2.75) is 44.4 Å². The minimum atomic E-state index is 0.646. The first-order valence-corrected chi connectivity index (χ1v) is 12.3. The normalized spacial score (nSPS) is 17.2. The lowest BCUT2D eigenvalue weighted by atomic mass is 9.78. The molecule has 2 aliphatic rings. The second-order valence-electron chi connectivity index (χ2n) is 9.54. The molecule has 5 heteroatoms. The third-order valence-electron chi connectivity index (χ3n) is 7.58. The lowest BCUT2D eigenvalue weighted by molar-refractivity contribution is 0.422. The Morgan fingerprint density at radius 3 is 2.55 bits per heavy atom. The molecule has 3 aromatic heterocycles. The van der Waals surface area contributed by atoms with Crippen LogP contribution in [0.3, 0.4) is 0 Å². The highest BCUT2D eigenvalue weighted by atomic mass is 15.2. The summed E-state index contributed by atoms with van der Waals surface area (Å²) in [4.78, 5) is 21.1. The Hall–Kier alpha value is -3.47. The van der Waals surface area contributed by atoms with E-state index in [1.807, 2.05) is 6.20 Å². The lowest BCUT2D eigenvalue weighted by Gasteiger charge is -2.32. The van der Waals surface area contributed by atoms with E-state index >= 15 is 0 Å². The van der Waals surface area contributed by atoms with Crippen LogP contribution in [0.5, 0.6) is 0 Å². The van der Waals surface area contributed by atoms with Crippen molar-refractivity contribution < 1.29 is 0 Å². The molecule has 5 aromatic rings. The SMILES string of the molecule is c1cc(C2CCC2)c2c(N3CCCCC3)nc(-c3ccnc4[nH]c5ccccc5c34)nc2c1. The fourth-order valence-corrected chi connectivity index (χ4v) is 5.66. The van der Waals surface area contributed by atoms with Gasteiger partial charge in [-0.2, -0.15) is 0 Å². The summed E-state index contributed by atoms with van der Waals surface area (Å²) in [6.45, 7) is 2.15. The smallest absolute Gasteiger partial charge is 0.162 e. The maximum absolute atomic E-state index is 5.31. The van der Waals surface area contributed by atoms with Crippen LogP contribution in [0.2, 0.25) is 0 Å². The fraction of sp³-hybridized carbons (Fsp3) is 0.321. The molecule has 164 valence electrons. The van der Waals surface area contributed by atoms with Crippen LogP contribution in [0, 0.1) is 0 Å². The predicted molar refractivity (Wildman–Crippen MR) is 135 cm³/mol. The van der Waals surface area contributed by atoms with Crippen LogP contribution in [0.1, 0.15) is 50.0 Å². The minimum absolute atomic E-state index is 0.646. The second-order valence-corrected chi connectivity index (χ2v) is 9.54. The van der Waals surface area contributed by atoms with E-state index in [1.54, 1.807) is 0 Å². The molecule has 1 aliphatic carbocycles. The topological polar surface area (TPSA) is 57.7 Å². The van der Waals surface area contributed by atoms with Gasteiger partial charge >= 0.3 is 0 Å². The van der Waals surface area contributed by atoms with Gasteiger partial charge in [0.1, 0.15) is 11.5 Å². The zero-order valence-electron chi connectivity index (χ0n) is 18.7. The van der Waals surface area contributed by atoms with Gasteiger partial charge in [0.15, 0.2) is 5.82 Å². The first kappa shape index (κ1) is 19.0. The first-order valence-electron chi connectivity index (χ1n) is 12.3. The maximum Gasteiger partial charge on any atom is 0.162 e. The highest BCUT2D eigenvalue weighted by Gasteiger charge is 2.26. The van der Waals surface area contributed by atoms with E-state index in [-0.39, 0.29) is 0 Å². The number of benzene rings is 2. The molecule has 7 rings (SSSR count). The monoisotopic (exact) mass is 433 g/mol. The van der Waals surface area contributed by atoms with Gasteiger partial charge in [-0.25, -0.2) is 15.0 Å². The van der Waals surface area contributed by atoms with E-state index in [1.165, 1.54) is 54.9 Å². The number of hydrogen-bond acceptors (Lipinski definition) is 4. The Balaban J connectivity index is 1.51. The van der Waals surface area contributed by atoms with E-state index in [0.717, 1.165) is 52.4 Å². The van der Waals surface area contributed by atoms with Crippen molar-refractivity contribution in [2.75, 3.05) is 18.0 Å². The summed E-state index contributed by atoms with van der Waals surface area (Å²) in [5.74, 6) is 2.57. The molecule has 0 amide bonds.